The minimum Gasteiger partial charge on any atom is -0.212 e. The van der Waals surface area contributed by atoms with Gasteiger partial charge in [-0.1, -0.05) is 12.0 Å². The Kier molecular flexibility index (Phi) is 3.13. The molecule has 0 spiro atoms. The first-order chi connectivity index (χ1) is 6.11. The SMILES string of the molecule is CCN1C(CN=[N+]=[N-])CCS1(=O)=O. The third-order valence-electron chi connectivity index (χ3n) is 2.14. The van der Waals surface area contributed by atoms with Crippen molar-refractivity contribution in [3.05, 3.63) is 10.4 Å². The van der Waals surface area contributed by atoms with E-state index in [0.717, 1.165) is 0 Å². The Morgan fingerprint density at radius 3 is 2.92 bits per heavy atom. The number of sulfonamides is 1. The summed E-state index contributed by atoms with van der Waals surface area (Å²) in [5.74, 6) is 0.173. The van der Waals surface area contributed by atoms with Gasteiger partial charge in [0.15, 0.2) is 0 Å². The summed E-state index contributed by atoms with van der Waals surface area (Å²) in [6.07, 6.45) is 0.565. The van der Waals surface area contributed by atoms with Crippen molar-refractivity contribution in [3.8, 4) is 0 Å². The molecule has 1 unspecified atom stereocenters. The van der Waals surface area contributed by atoms with E-state index in [-0.39, 0.29) is 18.3 Å². The van der Waals surface area contributed by atoms with Gasteiger partial charge < -0.3 is 0 Å². The molecule has 0 N–H and O–H groups in total. The van der Waals surface area contributed by atoms with Crippen LogP contribution in [0.4, 0.5) is 0 Å². The number of nitrogens with zero attached hydrogens (tertiary/aromatic N) is 4. The Labute approximate surface area is 77.2 Å². The van der Waals surface area contributed by atoms with Gasteiger partial charge in [0, 0.05) is 24.0 Å². The zero-order chi connectivity index (χ0) is 9.90. The Bertz CT molecular complexity index is 320. The molecule has 1 atom stereocenters. The van der Waals surface area contributed by atoms with Gasteiger partial charge in [-0.15, -0.1) is 0 Å². The zero-order valence-electron chi connectivity index (χ0n) is 7.42. The third kappa shape index (κ3) is 2.12. The molecule has 1 aliphatic heterocycles. The third-order valence-corrected chi connectivity index (χ3v) is 4.16. The summed E-state index contributed by atoms with van der Waals surface area (Å²) in [6.45, 7) is 2.48. The van der Waals surface area contributed by atoms with Crippen molar-refractivity contribution in [1.29, 1.82) is 0 Å². The standard InChI is InChI=1S/C6H12N4O2S/c1-2-10-6(5-8-9-7)3-4-13(10,11)12/h6H,2-5H2,1H3. The van der Waals surface area contributed by atoms with Crippen molar-refractivity contribution in [2.45, 2.75) is 19.4 Å². The molecule has 1 aliphatic rings. The molecule has 13 heavy (non-hydrogen) atoms. The lowest BCUT2D eigenvalue weighted by Crippen LogP contribution is -2.34. The van der Waals surface area contributed by atoms with E-state index in [0.29, 0.717) is 13.0 Å². The van der Waals surface area contributed by atoms with Crippen LogP contribution in [-0.2, 0) is 10.0 Å². The van der Waals surface area contributed by atoms with Crippen molar-refractivity contribution < 1.29 is 8.42 Å². The van der Waals surface area contributed by atoms with Crippen molar-refractivity contribution >= 4 is 10.0 Å². The fourth-order valence-corrected chi connectivity index (χ4v) is 3.37. The molecule has 0 aromatic rings. The maximum Gasteiger partial charge on any atom is 0.214 e. The Morgan fingerprint density at radius 1 is 1.69 bits per heavy atom. The highest BCUT2D eigenvalue weighted by Gasteiger charge is 2.35. The summed E-state index contributed by atoms with van der Waals surface area (Å²) < 4.78 is 24.1. The van der Waals surface area contributed by atoms with E-state index in [4.69, 9.17) is 5.53 Å². The largest absolute Gasteiger partial charge is 0.214 e. The first kappa shape index (κ1) is 10.3. The summed E-state index contributed by atoms with van der Waals surface area (Å²) in [4.78, 5) is 2.62. The maximum absolute atomic E-state index is 11.4. The van der Waals surface area contributed by atoms with Crippen molar-refractivity contribution in [1.82, 2.24) is 4.31 Å². The number of rotatable bonds is 3. The average Bonchev–Trinajstić information content (AvgIpc) is 2.37. The highest BCUT2D eigenvalue weighted by atomic mass is 32.2. The predicted molar refractivity (Wildman–Crippen MR) is 48.6 cm³/mol. The summed E-state index contributed by atoms with van der Waals surface area (Å²) >= 11 is 0. The first-order valence-electron chi connectivity index (χ1n) is 4.12. The molecule has 1 saturated heterocycles. The molecular weight excluding hydrogens is 192 g/mol. The number of hydrogen-bond donors (Lipinski definition) is 0. The monoisotopic (exact) mass is 204 g/mol. The Hall–Kier alpha value is -0.780. The molecule has 0 aromatic carbocycles. The van der Waals surface area contributed by atoms with Crippen LogP contribution >= 0.6 is 0 Å². The molecule has 1 rings (SSSR count). The second kappa shape index (κ2) is 3.95. The fraction of sp³-hybridized carbons (Fsp3) is 1.00. The first-order valence-corrected chi connectivity index (χ1v) is 5.73. The molecule has 0 bridgehead atoms. The smallest absolute Gasteiger partial charge is 0.212 e. The minimum absolute atomic E-state index is 0.133. The molecule has 74 valence electrons. The van der Waals surface area contributed by atoms with Crippen LogP contribution in [0.25, 0.3) is 10.4 Å². The quantitative estimate of drug-likeness (QED) is 0.385. The van der Waals surface area contributed by atoms with Gasteiger partial charge in [0.05, 0.1) is 5.75 Å². The Balaban J connectivity index is 2.74. The van der Waals surface area contributed by atoms with Gasteiger partial charge in [0.25, 0.3) is 0 Å². The van der Waals surface area contributed by atoms with Crippen molar-refractivity contribution in [2.24, 2.45) is 5.11 Å². The number of azide groups is 1. The number of likely N-dealkylation sites (N-methyl/N-ethyl adjacent to an activating group) is 1. The van der Waals surface area contributed by atoms with E-state index >= 15 is 0 Å². The normalized spacial score (nSPS) is 27.0. The summed E-state index contributed by atoms with van der Waals surface area (Å²) in [5, 5.41) is 3.39. The molecule has 0 saturated carbocycles. The van der Waals surface area contributed by atoms with E-state index in [2.05, 4.69) is 10.0 Å². The van der Waals surface area contributed by atoms with Gasteiger partial charge in [-0.05, 0) is 12.0 Å². The number of hydrogen-bond acceptors (Lipinski definition) is 3. The topological polar surface area (TPSA) is 86.1 Å². The van der Waals surface area contributed by atoms with Crippen LogP contribution in [0.2, 0.25) is 0 Å². The van der Waals surface area contributed by atoms with Crippen LogP contribution in [0.3, 0.4) is 0 Å². The molecular formula is C6H12N4O2S. The average molecular weight is 204 g/mol. The summed E-state index contributed by atoms with van der Waals surface area (Å²) in [7, 11) is -3.07. The van der Waals surface area contributed by atoms with E-state index in [1.165, 1.54) is 4.31 Å². The molecule has 1 fully saturated rings. The molecule has 7 heteroatoms. The fourth-order valence-electron chi connectivity index (χ4n) is 1.54. The maximum atomic E-state index is 11.4. The molecule has 0 aliphatic carbocycles. The van der Waals surface area contributed by atoms with Gasteiger partial charge in [0.1, 0.15) is 0 Å². The molecule has 0 radical (unpaired) electrons. The lowest BCUT2D eigenvalue weighted by Gasteiger charge is -2.18. The van der Waals surface area contributed by atoms with Crippen LogP contribution in [0.15, 0.2) is 5.11 Å². The van der Waals surface area contributed by atoms with Gasteiger partial charge in [-0.2, -0.15) is 4.31 Å². The van der Waals surface area contributed by atoms with Gasteiger partial charge in [-0.25, -0.2) is 8.42 Å². The van der Waals surface area contributed by atoms with Crippen LogP contribution in [0.1, 0.15) is 13.3 Å². The summed E-state index contributed by atoms with van der Waals surface area (Å²) in [6, 6.07) is -0.133. The highest BCUT2D eigenvalue weighted by Crippen LogP contribution is 2.20. The van der Waals surface area contributed by atoms with Gasteiger partial charge in [-0.3, -0.25) is 0 Å². The minimum atomic E-state index is -3.07. The van der Waals surface area contributed by atoms with E-state index in [1.54, 1.807) is 6.92 Å². The van der Waals surface area contributed by atoms with Crippen LogP contribution in [0.5, 0.6) is 0 Å². The van der Waals surface area contributed by atoms with Gasteiger partial charge in [0.2, 0.25) is 10.0 Å². The predicted octanol–water partition coefficient (Wildman–Crippen LogP) is 0.721. The van der Waals surface area contributed by atoms with E-state index in [9.17, 15) is 8.42 Å². The van der Waals surface area contributed by atoms with Crippen molar-refractivity contribution in [3.63, 3.8) is 0 Å². The molecule has 0 aromatic heterocycles. The van der Waals surface area contributed by atoms with Crippen molar-refractivity contribution in [2.75, 3.05) is 18.8 Å². The molecule has 0 amide bonds. The molecule has 1 heterocycles. The lowest BCUT2D eigenvalue weighted by molar-refractivity contribution is 0.362. The van der Waals surface area contributed by atoms with Gasteiger partial charge >= 0.3 is 0 Å². The molecule has 6 nitrogen and oxygen atoms in total. The highest BCUT2D eigenvalue weighted by molar-refractivity contribution is 7.89. The van der Waals surface area contributed by atoms with Crippen LogP contribution < -0.4 is 0 Å². The van der Waals surface area contributed by atoms with Crippen LogP contribution in [0, 0.1) is 0 Å². The van der Waals surface area contributed by atoms with E-state index < -0.39 is 10.0 Å². The lowest BCUT2D eigenvalue weighted by atomic mass is 10.2. The second-order valence-corrected chi connectivity index (χ2v) is 4.92. The Morgan fingerprint density at radius 2 is 2.38 bits per heavy atom. The second-order valence-electron chi connectivity index (χ2n) is 2.88. The van der Waals surface area contributed by atoms with E-state index in [1.807, 2.05) is 0 Å². The van der Waals surface area contributed by atoms with Crippen LogP contribution in [-0.4, -0.2) is 37.6 Å². The summed E-state index contributed by atoms with van der Waals surface area (Å²) in [5.41, 5.74) is 8.11. The zero-order valence-corrected chi connectivity index (χ0v) is 8.24.